The van der Waals surface area contributed by atoms with Crippen molar-refractivity contribution in [3.8, 4) is 0 Å². The van der Waals surface area contributed by atoms with E-state index in [0.29, 0.717) is 5.92 Å². The number of rotatable bonds is 3. The fourth-order valence-corrected chi connectivity index (χ4v) is 2.58. The monoisotopic (exact) mass is 240 g/mol. The third kappa shape index (κ3) is 2.76. The molecule has 0 radical (unpaired) electrons. The second-order valence-electron chi connectivity index (χ2n) is 4.29. The van der Waals surface area contributed by atoms with Gasteiger partial charge in [-0.25, -0.2) is 0 Å². The molecule has 16 heavy (non-hydrogen) atoms. The van der Waals surface area contributed by atoms with Crippen LogP contribution in [0.2, 0.25) is 5.02 Å². The lowest BCUT2D eigenvalue weighted by Crippen LogP contribution is -2.24. The maximum absolute atomic E-state index is 9.54. The topological polar surface area (TPSA) is 29.5 Å². The first-order valence-corrected chi connectivity index (χ1v) is 6.13. The minimum absolute atomic E-state index is 0.186. The molecule has 1 N–H and O–H groups in total. The predicted octanol–water partition coefficient (Wildman–Crippen LogP) is 2.84. The van der Waals surface area contributed by atoms with Crippen LogP contribution in [0.15, 0.2) is 24.3 Å². The van der Waals surface area contributed by atoms with Crippen molar-refractivity contribution in [1.82, 2.24) is 0 Å². The van der Waals surface area contributed by atoms with Crippen LogP contribution in [0.5, 0.6) is 0 Å². The quantitative estimate of drug-likeness (QED) is 0.881. The van der Waals surface area contributed by atoms with Crippen molar-refractivity contribution in [1.29, 1.82) is 0 Å². The molecule has 1 atom stereocenters. The smallest absolute Gasteiger partial charge is 0.0502 e. The zero-order valence-electron chi connectivity index (χ0n) is 9.23. The normalized spacial score (nSPS) is 19.6. The van der Waals surface area contributed by atoms with Crippen molar-refractivity contribution < 1.29 is 9.84 Å². The van der Waals surface area contributed by atoms with Crippen LogP contribution in [-0.2, 0) is 4.74 Å². The highest BCUT2D eigenvalue weighted by Gasteiger charge is 2.24. The highest BCUT2D eigenvalue weighted by atomic mass is 35.5. The maximum atomic E-state index is 9.54. The molecule has 1 saturated heterocycles. The number of ether oxygens (including phenoxy) is 1. The molecule has 1 heterocycles. The first-order valence-electron chi connectivity index (χ1n) is 5.75. The summed E-state index contributed by atoms with van der Waals surface area (Å²) in [5.74, 6) is 0.708. The molecule has 0 spiro atoms. The molecular weight excluding hydrogens is 224 g/mol. The summed E-state index contributed by atoms with van der Waals surface area (Å²) in [5.41, 5.74) is 1.14. The van der Waals surface area contributed by atoms with Gasteiger partial charge in [-0.1, -0.05) is 23.7 Å². The lowest BCUT2D eigenvalue weighted by atomic mass is 9.82. The Morgan fingerprint density at radius 1 is 1.38 bits per heavy atom. The van der Waals surface area contributed by atoms with Gasteiger partial charge in [-0.15, -0.1) is 0 Å². The molecule has 0 saturated carbocycles. The Bertz CT molecular complexity index is 334. The van der Waals surface area contributed by atoms with Gasteiger partial charge in [-0.2, -0.15) is 0 Å². The van der Waals surface area contributed by atoms with E-state index in [0.717, 1.165) is 36.6 Å². The van der Waals surface area contributed by atoms with Gasteiger partial charge in [0.05, 0.1) is 6.61 Å². The lowest BCUT2D eigenvalue weighted by molar-refractivity contribution is 0.0493. The van der Waals surface area contributed by atoms with Crippen molar-refractivity contribution in [3.63, 3.8) is 0 Å². The van der Waals surface area contributed by atoms with E-state index >= 15 is 0 Å². The van der Waals surface area contributed by atoms with Gasteiger partial charge in [0.15, 0.2) is 0 Å². The van der Waals surface area contributed by atoms with Gasteiger partial charge < -0.3 is 9.84 Å². The van der Waals surface area contributed by atoms with Crippen LogP contribution < -0.4 is 0 Å². The first-order chi connectivity index (χ1) is 7.81. The zero-order valence-corrected chi connectivity index (χ0v) is 9.99. The fourth-order valence-electron chi connectivity index (χ4n) is 2.38. The van der Waals surface area contributed by atoms with E-state index in [2.05, 4.69) is 0 Å². The SMILES string of the molecule is OCC(c1cccc(Cl)c1)C1CCOCC1. The van der Waals surface area contributed by atoms with Crippen LogP contribution in [0.4, 0.5) is 0 Å². The van der Waals surface area contributed by atoms with Gasteiger partial charge >= 0.3 is 0 Å². The summed E-state index contributed by atoms with van der Waals surface area (Å²) in [6, 6.07) is 7.81. The van der Waals surface area contributed by atoms with Gasteiger partial charge in [-0.3, -0.25) is 0 Å². The second-order valence-corrected chi connectivity index (χ2v) is 4.73. The number of hydrogen-bond acceptors (Lipinski definition) is 2. The molecule has 1 aromatic carbocycles. The van der Waals surface area contributed by atoms with E-state index < -0.39 is 0 Å². The molecule has 1 aromatic rings. The lowest BCUT2D eigenvalue weighted by Gasteiger charge is -2.29. The predicted molar refractivity (Wildman–Crippen MR) is 64.8 cm³/mol. The molecule has 1 unspecified atom stereocenters. The fraction of sp³-hybridized carbons (Fsp3) is 0.538. The van der Waals surface area contributed by atoms with Crippen molar-refractivity contribution in [2.24, 2.45) is 5.92 Å². The summed E-state index contributed by atoms with van der Waals surface area (Å²) in [5, 5.41) is 10.3. The summed E-state index contributed by atoms with van der Waals surface area (Å²) in [4.78, 5) is 0. The van der Waals surface area contributed by atoms with E-state index in [1.54, 1.807) is 0 Å². The largest absolute Gasteiger partial charge is 0.396 e. The molecule has 3 heteroatoms. The molecule has 0 bridgehead atoms. The summed E-state index contributed by atoms with van der Waals surface area (Å²) >= 11 is 5.98. The third-order valence-corrected chi connectivity index (χ3v) is 3.54. The summed E-state index contributed by atoms with van der Waals surface area (Å²) < 4.78 is 5.35. The molecule has 2 rings (SSSR count). The minimum Gasteiger partial charge on any atom is -0.396 e. The molecule has 1 fully saturated rings. The highest BCUT2D eigenvalue weighted by molar-refractivity contribution is 6.30. The Balaban J connectivity index is 2.14. The first kappa shape index (κ1) is 11.9. The number of benzene rings is 1. The molecule has 1 aliphatic heterocycles. The van der Waals surface area contributed by atoms with Crippen LogP contribution in [0, 0.1) is 5.92 Å². The minimum atomic E-state index is 0.186. The van der Waals surface area contributed by atoms with Gasteiger partial charge in [0, 0.05) is 24.2 Å². The number of hydrogen-bond donors (Lipinski definition) is 1. The molecule has 88 valence electrons. The van der Waals surface area contributed by atoms with E-state index in [1.165, 1.54) is 0 Å². The summed E-state index contributed by atoms with van der Waals surface area (Å²) in [6.07, 6.45) is 2.05. The Kier molecular flexibility index (Phi) is 4.22. The maximum Gasteiger partial charge on any atom is 0.0502 e. The highest BCUT2D eigenvalue weighted by Crippen LogP contribution is 2.32. The van der Waals surface area contributed by atoms with Gasteiger partial charge in [0.2, 0.25) is 0 Å². The van der Waals surface area contributed by atoms with Crippen LogP contribution in [0.1, 0.15) is 24.3 Å². The molecule has 0 aromatic heterocycles. The Hall–Kier alpha value is -0.570. The molecule has 2 nitrogen and oxygen atoms in total. The Morgan fingerprint density at radius 3 is 2.75 bits per heavy atom. The van der Waals surface area contributed by atoms with E-state index in [4.69, 9.17) is 16.3 Å². The Labute approximate surface area is 101 Å². The van der Waals surface area contributed by atoms with Crippen molar-refractivity contribution in [2.75, 3.05) is 19.8 Å². The third-order valence-electron chi connectivity index (χ3n) is 3.31. The average Bonchev–Trinajstić information content (AvgIpc) is 2.31. The van der Waals surface area contributed by atoms with Gasteiger partial charge in [0.25, 0.3) is 0 Å². The number of aliphatic hydroxyl groups is 1. The van der Waals surface area contributed by atoms with Crippen molar-refractivity contribution in [2.45, 2.75) is 18.8 Å². The van der Waals surface area contributed by atoms with Crippen molar-refractivity contribution in [3.05, 3.63) is 34.9 Å². The van der Waals surface area contributed by atoms with Crippen LogP contribution in [0.3, 0.4) is 0 Å². The average molecular weight is 241 g/mol. The number of halogens is 1. The molecule has 0 aliphatic carbocycles. The standard InChI is InChI=1S/C13H17ClO2/c14-12-3-1-2-11(8-12)13(9-15)10-4-6-16-7-5-10/h1-3,8,10,13,15H,4-7,9H2. The van der Waals surface area contributed by atoms with E-state index in [-0.39, 0.29) is 12.5 Å². The van der Waals surface area contributed by atoms with Gasteiger partial charge in [0.1, 0.15) is 0 Å². The molecule has 0 amide bonds. The summed E-state index contributed by atoms with van der Waals surface area (Å²) in [7, 11) is 0. The zero-order chi connectivity index (χ0) is 11.4. The Morgan fingerprint density at radius 2 is 2.12 bits per heavy atom. The van der Waals surface area contributed by atoms with Gasteiger partial charge in [-0.05, 0) is 36.5 Å². The molecule has 1 aliphatic rings. The number of aliphatic hydroxyl groups excluding tert-OH is 1. The summed E-state index contributed by atoms with van der Waals surface area (Å²) in [6.45, 7) is 1.80. The van der Waals surface area contributed by atoms with Crippen molar-refractivity contribution >= 4 is 11.6 Å². The molecular formula is C13H17ClO2. The second kappa shape index (κ2) is 5.67. The van der Waals surface area contributed by atoms with Crippen LogP contribution >= 0.6 is 11.6 Å². The van der Waals surface area contributed by atoms with E-state index in [1.807, 2.05) is 24.3 Å². The van der Waals surface area contributed by atoms with Crippen LogP contribution in [-0.4, -0.2) is 24.9 Å². The van der Waals surface area contributed by atoms with E-state index in [9.17, 15) is 5.11 Å². The van der Waals surface area contributed by atoms with Crippen LogP contribution in [0.25, 0.3) is 0 Å².